The van der Waals surface area contributed by atoms with Crippen LogP contribution >= 0.6 is 22.6 Å². The zero-order chi connectivity index (χ0) is 17.9. The van der Waals surface area contributed by atoms with Crippen LogP contribution in [0.3, 0.4) is 0 Å². The van der Waals surface area contributed by atoms with Gasteiger partial charge in [0.2, 0.25) is 0 Å². The lowest BCUT2D eigenvalue weighted by molar-refractivity contribution is -0.139. The number of nitrogens with zero attached hydrogens (tertiary/aromatic N) is 1. The minimum Gasteiger partial charge on any atom is -0.503 e. The fraction of sp³-hybridized carbons (Fsp3) is 0.125. The Hall–Kier alpha value is -2.36. The van der Waals surface area contributed by atoms with Gasteiger partial charge in [-0.05, 0) is 46.9 Å². The number of esters is 2. The average Bonchev–Trinajstić information content (AvgIpc) is 2.81. The van der Waals surface area contributed by atoms with E-state index in [9.17, 15) is 19.1 Å². The number of phenols is 1. The van der Waals surface area contributed by atoms with Crippen LogP contribution in [0.4, 0.5) is 10.1 Å². The molecule has 126 valence electrons. The van der Waals surface area contributed by atoms with Crippen molar-refractivity contribution in [1.82, 2.24) is 0 Å². The van der Waals surface area contributed by atoms with Gasteiger partial charge in [0.1, 0.15) is 5.70 Å². The summed E-state index contributed by atoms with van der Waals surface area (Å²) in [6.07, 6.45) is 5.80. The van der Waals surface area contributed by atoms with Gasteiger partial charge >= 0.3 is 11.9 Å². The van der Waals surface area contributed by atoms with E-state index in [4.69, 9.17) is 4.74 Å². The summed E-state index contributed by atoms with van der Waals surface area (Å²) in [5, 5.41) is 10.1. The van der Waals surface area contributed by atoms with Crippen LogP contribution in [-0.2, 0) is 19.1 Å². The molecule has 0 bridgehead atoms. The Kier molecular flexibility index (Phi) is 5.60. The molecule has 6 nitrogen and oxygen atoms in total. The number of carbonyl (C=O) groups is 2. The third-order valence-electron chi connectivity index (χ3n) is 3.20. The molecule has 0 aliphatic carbocycles. The third kappa shape index (κ3) is 3.28. The molecule has 0 saturated heterocycles. The van der Waals surface area contributed by atoms with Gasteiger partial charge in [-0.2, -0.15) is 0 Å². The smallest absolute Gasteiger partial charge is 0.355 e. The van der Waals surface area contributed by atoms with Crippen molar-refractivity contribution < 1.29 is 28.6 Å². The number of allylic oxidation sites excluding steroid dienone is 2. The number of benzene rings is 1. The number of anilines is 1. The quantitative estimate of drug-likeness (QED) is 0.570. The van der Waals surface area contributed by atoms with Crippen LogP contribution in [0.5, 0.6) is 5.75 Å². The highest BCUT2D eigenvalue weighted by Gasteiger charge is 2.29. The molecule has 1 aliphatic heterocycles. The Bertz CT molecular complexity index is 785. The van der Waals surface area contributed by atoms with Crippen LogP contribution in [0.15, 0.2) is 47.8 Å². The third-order valence-corrected chi connectivity index (χ3v) is 4.03. The fourth-order valence-electron chi connectivity index (χ4n) is 2.08. The van der Waals surface area contributed by atoms with Gasteiger partial charge in [0.15, 0.2) is 11.6 Å². The molecule has 0 fully saturated rings. The van der Waals surface area contributed by atoms with Crippen molar-refractivity contribution in [3.63, 3.8) is 0 Å². The number of hydrogen-bond acceptors (Lipinski definition) is 6. The summed E-state index contributed by atoms with van der Waals surface area (Å²) in [5.74, 6) is -3.10. The second-order valence-electron chi connectivity index (χ2n) is 4.55. The van der Waals surface area contributed by atoms with Crippen molar-refractivity contribution in [3.8, 4) is 5.75 Å². The monoisotopic (exact) mass is 445 g/mol. The lowest BCUT2D eigenvalue weighted by atomic mass is 10.1. The van der Waals surface area contributed by atoms with E-state index in [2.05, 4.69) is 4.74 Å². The first-order valence-electron chi connectivity index (χ1n) is 6.64. The number of carbonyl (C=O) groups excluding carboxylic acids is 2. The fourth-order valence-corrected chi connectivity index (χ4v) is 2.51. The number of aromatic hydroxyl groups is 1. The molecule has 0 radical (unpaired) electrons. The van der Waals surface area contributed by atoms with E-state index in [1.807, 2.05) is 0 Å². The molecular weight excluding hydrogens is 432 g/mol. The minimum absolute atomic E-state index is 0.0188. The summed E-state index contributed by atoms with van der Waals surface area (Å²) >= 11 is 1.73. The van der Waals surface area contributed by atoms with Crippen LogP contribution in [0.1, 0.15) is 0 Å². The molecule has 24 heavy (non-hydrogen) atoms. The second-order valence-corrected chi connectivity index (χ2v) is 5.71. The Morgan fingerprint density at radius 1 is 1.17 bits per heavy atom. The molecule has 1 heterocycles. The molecular formula is C16H13FINO5. The molecule has 1 aliphatic rings. The van der Waals surface area contributed by atoms with Gasteiger partial charge in [-0.15, -0.1) is 0 Å². The maximum absolute atomic E-state index is 14.0. The number of hydrogen-bond donors (Lipinski definition) is 1. The zero-order valence-electron chi connectivity index (χ0n) is 12.7. The number of rotatable bonds is 3. The van der Waals surface area contributed by atoms with E-state index in [0.29, 0.717) is 0 Å². The molecule has 0 saturated carbocycles. The molecule has 8 heteroatoms. The predicted molar refractivity (Wildman–Crippen MR) is 92.6 cm³/mol. The van der Waals surface area contributed by atoms with Crippen LogP contribution in [0, 0.1) is 9.39 Å². The summed E-state index contributed by atoms with van der Waals surface area (Å²) in [6.45, 7) is 0. The molecule has 0 aromatic heterocycles. The zero-order valence-corrected chi connectivity index (χ0v) is 14.9. The molecule has 0 atom stereocenters. The van der Waals surface area contributed by atoms with Crippen LogP contribution in [0.25, 0.3) is 0 Å². The second kappa shape index (κ2) is 7.47. The van der Waals surface area contributed by atoms with Crippen molar-refractivity contribution in [1.29, 1.82) is 0 Å². The molecule has 0 spiro atoms. The lowest BCUT2D eigenvalue weighted by Crippen LogP contribution is -2.27. The van der Waals surface area contributed by atoms with E-state index < -0.39 is 23.5 Å². The van der Waals surface area contributed by atoms with Gasteiger partial charge in [0, 0.05) is 6.20 Å². The summed E-state index contributed by atoms with van der Waals surface area (Å²) in [4.78, 5) is 25.4. The molecule has 2 rings (SSSR count). The number of halogens is 2. The highest BCUT2D eigenvalue weighted by molar-refractivity contribution is 14.1. The Morgan fingerprint density at radius 2 is 1.83 bits per heavy atom. The summed E-state index contributed by atoms with van der Waals surface area (Å²) < 4.78 is 23.6. The van der Waals surface area contributed by atoms with Crippen LogP contribution in [-0.4, -0.2) is 31.3 Å². The summed E-state index contributed by atoms with van der Waals surface area (Å²) in [5.41, 5.74) is -0.312. The highest BCUT2D eigenvalue weighted by atomic mass is 127. The van der Waals surface area contributed by atoms with Crippen molar-refractivity contribution >= 4 is 40.2 Å². The van der Waals surface area contributed by atoms with Gasteiger partial charge in [0.05, 0.1) is 29.1 Å². The first-order chi connectivity index (χ1) is 11.4. The first-order valence-corrected chi connectivity index (χ1v) is 7.72. The molecule has 1 aromatic carbocycles. The van der Waals surface area contributed by atoms with Crippen molar-refractivity contribution in [2.24, 2.45) is 0 Å². The van der Waals surface area contributed by atoms with E-state index >= 15 is 0 Å². The van der Waals surface area contributed by atoms with Crippen molar-refractivity contribution in [2.45, 2.75) is 0 Å². The summed E-state index contributed by atoms with van der Waals surface area (Å²) in [6, 6.07) is 2.86. The maximum Gasteiger partial charge on any atom is 0.355 e. The number of phenolic OH excluding ortho intramolecular Hbond substituents is 1. The number of ether oxygens (including phenoxy) is 2. The van der Waals surface area contributed by atoms with E-state index in [1.54, 1.807) is 22.6 Å². The molecule has 0 amide bonds. The Balaban J connectivity index is 2.73. The minimum atomic E-state index is -0.843. The highest BCUT2D eigenvalue weighted by Crippen LogP contribution is 2.36. The normalized spacial score (nSPS) is 13.8. The standard InChI is InChI=1S/C16H13FINO5/c1-23-15(21)9-5-3-4-8-19(13(9)16(22)24-2)11-7-6-10(18)12(17)14(11)20/h3-8,20H,1-2H3. The first kappa shape index (κ1) is 18.0. The van der Waals surface area contributed by atoms with Gasteiger partial charge in [-0.1, -0.05) is 6.08 Å². The van der Waals surface area contributed by atoms with E-state index in [1.165, 1.54) is 48.6 Å². The lowest BCUT2D eigenvalue weighted by Gasteiger charge is -2.24. The largest absolute Gasteiger partial charge is 0.503 e. The molecule has 1 N–H and O–H groups in total. The Labute approximate surface area is 151 Å². The average molecular weight is 445 g/mol. The topological polar surface area (TPSA) is 76.1 Å². The molecule has 1 aromatic rings. The van der Waals surface area contributed by atoms with Gasteiger partial charge in [-0.25, -0.2) is 14.0 Å². The molecule has 0 unspecified atom stereocenters. The van der Waals surface area contributed by atoms with Gasteiger partial charge in [-0.3, -0.25) is 0 Å². The van der Waals surface area contributed by atoms with Crippen LogP contribution in [0.2, 0.25) is 0 Å². The maximum atomic E-state index is 14.0. The van der Waals surface area contributed by atoms with Gasteiger partial charge in [0.25, 0.3) is 0 Å². The number of methoxy groups -OCH3 is 2. The van der Waals surface area contributed by atoms with Crippen molar-refractivity contribution in [2.75, 3.05) is 19.1 Å². The Morgan fingerprint density at radius 3 is 2.46 bits per heavy atom. The van der Waals surface area contributed by atoms with E-state index in [-0.39, 0.29) is 20.5 Å². The SMILES string of the molecule is COC(=O)C1=C(C(=O)OC)N(c2ccc(I)c(F)c2O)C=CC=C1. The van der Waals surface area contributed by atoms with E-state index in [0.717, 1.165) is 7.11 Å². The van der Waals surface area contributed by atoms with Gasteiger partial charge < -0.3 is 19.5 Å². The predicted octanol–water partition coefficient (Wildman–Crippen LogP) is 2.63. The van der Waals surface area contributed by atoms with Crippen LogP contribution < -0.4 is 4.90 Å². The van der Waals surface area contributed by atoms with Crippen molar-refractivity contribution in [3.05, 3.63) is 57.2 Å². The summed E-state index contributed by atoms with van der Waals surface area (Å²) in [7, 11) is 2.32.